The van der Waals surface area contributed by atoms with Gasteiger partial charge in [0.05, 0.1) is 18.4 Å². The predicted molar refractivity (Wildman–Crippen MR) is 77.0 cm³/mol. The second kappa shape index (κ2) is 6.27. The van der Waals surface area contributed by atoms with Crippen LogP contribution in [0.1, 0.15) is 32.9 Å². The van der Waals surface area contributed by atoms with Gasteiger partial charge >= 0.3 is 13.3 Å². The number of anilines is 1. The molecular weight excluding hydrogens is 297 g/mol. The molecule has 3 atom stereocenters. The van der Waals surface area contributed by atoms with Crippen LogP contribution in [0.15, 0.2) is 17.1 Å². The number of hydrogen-bond acceptors (Lipinski definition) is 6. The fourth-order valence-electron chi connectivity index (χ4n) is 2.00. The first kappa shape index (κ1) is 16.2. The molecule has 1 saturated heterocycles. The molecule has 1 aromatic rings. The molecule has 0 spiro atoms. The van der Waals surface area contributed by atoms with Gasteiger partial charge in [0, 0.05) is 6.20 Å². The summed E-state index contributed by atoms with van der Waals surface area (Å²) in [7, 11) is -3.60. The van der Waals surface area contributed by atoms with E-state index in [-0.39, 0.29) is 18.5 Å². The number of hydrogen-bond donors (Lipinski definition) is 2. The topological polar surface area (TPSA) is 117 Å². The summed E-state index contributed by atoms with van der Waals surface area (Å²) in [5.41, 5.74) is 4.50. The van der Waals surface area contributed by atoms with Crippen LogP contribution in [0.25, 0.3) is 0 Å². The van der Waals surface area contributed by atoms with Crippen LogP contribution >= 0.6 is 7.60 Å². The van der Waals surface area contributed by atoms with Crippen molar-refractivity contribution in [2.75, 3.05) is 12.3 Å². The normalized spacial score (nSPS) is 25.1. The lowest BCUT2D eigenvalue weighted by Gasteiger charge is -2.19. The molecule has 2 heterocycles. The third-order valence-corrected chi connectivity index (χ3v) is 5.17. The van der Waals surface area contributed by atoms with Crippen molar-refractivity contribution < 1.29 is 18.7 Å². The van der Waals surface area contributed by atoms with E-state index in [1.54, 1.807) is 13.8 Å². The molecule has 21 heavy (non-hydrogen) atoms. The maximum absolute atomic E-state index is 11.7. The molecule has 2 rings (SSSR count). The van der Waals surface area contributed by atoms with Gasteiger partial charge in [-0.3, -0.25) is 9.13 Å². The first-order valence-electron chi connectivity index (χ1n) is 6.76. The molecule has 0 aromatic carbocycles. The van der Waals surface area contributed by atoms with Crippen LogP contribution in [0, 0.1) is 0 Å². The fraction of sp³-hybridized carbons (Fsp3) is 0.667. The summed E-state index contributed by atoms with van der Waals surface area (Å²) in [5.74, 6) is 0.160. The van der Waals surface area contributed by atoms with Crippen molar-refractivity contribution >= 4 is 13.4 Å². The second-order valence-electron chi connectivity index (χ2n) is 5.29. The van der Waals surface area contributed by atoms with Gasteiger partial charge in [0.1, 0.15) is 12.0 Å². The van der Waals surface area contributed by atoms with Crippen LogP contribution in [0.2, 0.25) is 0 Å². The number of nitrogens with two attached hydrogens (primary N) is 1. The Morgan fingerprint density at radius 2 is 2.33 bits per heavy atom. The predicted octanol–water partition coefficient (Wildman–Crippen LogP) is 1.11. The van der Waals surface area contributed by atoms with E-state index in [0.717, 1.165) is 0 Å². The summed E-state index contributed by atoms with van der Waals surface area (Å²) in [6.45, 7) is 3.27. The molecule has 3 N–H and O–H groups in total. The highest BCUT2D eigenvalue weighted by atomic mass is 31.2. The third-order valence-electron chi connectivity index (χ3n) is 3.34. The van der Waals surface area contributed by atoms with E-state index in [9.17, 15) is 14.3 Å². The summed E-state index contributed by atoms with van der Waals surface area (Å²) >= 11 is 0. The highest BCUT2D eigenvalue weighted by Crippen LogP contribution is 2.47. The van der Waals surface area contributed by atoms with Crippen LogP contribution in [-0.2, 0) is 13.8 Å². The maximum atomic E-state index is 11.7. The largest absolute Gasteiger partial charge is 0.383 e. The SMILES string of the molecule is CC(C)P(=O)(O)OCC1CCC(n2ccc(N)nc2=O)O1. The molecule has 0 amide bonds. The Bertz CT molecular complexity index is 603. The van der Waals surface area contributed by atoms with E-state index in [1.807, 2.05) is 0 Å². The molecule has 1 fully saturated rings. The molecular formula is C12H20N3O5P. The summed E-state index contributed by atoms with van der Waals surface area (Å²) in [6.07, 6.45) is 2.01. The first-order chi connectivity index (χ1) is 9.79. The Balaban J connectivity index is 1.95. The minimum absolute atomic E-state index is 0.0274. The molecule has 8 nitrogen and oxygen atoms in total. The van der Waals surface area contributed by atoms with Crippen molar-refractivity contribution in [1.29, 1.82) is 0 Å². The van der Waals surface area contributed by atoms with Crippen LogP contribution in [0.4, 0.5) is 5.82 Å². The van der Waals surface area contributed by atoms with E-state index in [2.05, 4.69) is 4.98 Å². The second-order valence-corrected chi connectivity index (χ2v) is 7.71. The summed E-state index contributed by atoms with van der Waals surface area (Å²) in [5, 5.41) is 0. The van der Waals surface area contributed by atoms with Crippen molar-refractivity contribution in [2.24, 2.45) is 0 Å². The molecule has 1 aromatic heterocycles. The molecule has 0 aliphatic carbocycles. The standard InChI is InChI=1S/C12H20N3O5P/c1-8(2)21(17,18)19-7-9-3-4-11(20-9)15-6-5-10(13)14-12(15)16/h5-6,8-9,11H,3-4,7H2,1-2H3,(H,17,18)(H2,13,14,16). The Hall–Kier alpha value is -1.21. The molecule has 0 saturated carbocycles. The monoisotopic (exact) mass is 317 g/mol. The lowest BCUT2D eigenvalue weighted by molar-refractivity contribution is -0.0216. The molecule has 1 aliphatic heterocycles. The van der Waals surface area contributed by atoms with E-state index in [1.165, 1.54) is 16.8 Å². The molecule has 3 unspecified atom stereocenters. The summed E-state index contributed by atoms with van der Waals surface area (Å²) < 4.78 is 23.8. The highest BCUT2D eigenvalue weighted by Gasteiger charge is 2.31. The van der Waals surface area contributed by atoms with Gasteiger partial charge in [-0.2, -0.15) is 4.98 Å². The van der Waals surface area contributed by atoms with Crippen molar-refractivity contribution in [3.63, 3.8) is 0 Å². The first-order valence-corrected chi connectivity index (χ1v) is 8.41. The highest BCUT2D eigenvalue weighted by molar-refractivity contribution is 7.53. The minimum atomic E-state index is -3.60. The van der Waals surface area contributed by atoms with Crippen molar-refractivity contribution in [1.82, 2.24) is 9.55 Å². The lowest BCUT2D eigenvalue weighted by atomic mass is 10.2. The van der Waals surface area contributed by atoms with Crippen LogP contribution in [0.3, 0.4) is 0 Å². The van der Waals surface area contributed by atoms with E-state index < -0.39 is 25.2 Å². The molecule has 1 aliphatic rings. The smallest absolute Gasteiger partial charge is 0.351 e. The van der Waals surface area contributed by atoms with Crippen LogP contribution < -0.4 is 11.4 Å². The van der Waals surface area contributed by atoms with Gasteiger partial charge < -0.3 is 19.9 Å². The van der Waals surface area contributed by atoms with Crippen molar-refractivity contribution in [3.8, 4) is 0 Å². The Kier molecular flexibility index (Phi) is 4.83. The lowest BCUT2D eigenvalue weighted by Crippen LogP contribution is -2.27. The van der Waals surface area contributed by atoms with Crippen molar-refractivity contribution in [3.05, 3.63) is 22.7 Å². The number of rotatable bonds is 5. The van der Waals surface area contributed by atoms with Gasteiger partial charge in [-0.15, -0.1) is 0 Å². The van der Waals surface area contributed by atoms with E-state index >= 15 is 0 Å². The number of aromatic nitrogens is 2. The number of nitrogen functional groups attached to an aromatic ring is 1. The zero-order chi connectivity index (χ0) is 15.6. The molecule has 9 heteroatoms. The third kappa shape index (κ3) is 3.91. The fourth-order valence-corrected chi connectivity index (χ4v) is 2.68. The van der Waals surface area contributed by atoms with Gasteiger partial charge in [0.15, 0.2) is 0 Å². The Labute approximate surface area is 122 Å². The van der Waals surface area contributed by atoms with Crippen LogP contribution in [-0.4, -0.2) is 32.8 Å². The zero-order valence-electron chi connectivity index (χ0n) is 12.0. The number of ether oxygens (including phenoxy) is 1. The van der Waals surface area contributed by atoms with Gasteiger partial charge in [0.2, 0.25) is 0 Å². The summed E-state index contributed by atoms with van der Waals surface area (Å²) in [6, 6.07) is 1.52. The van der Waals surface area contributed by atoms with Crippen molar-refractivity contribution in [2.45, 2.75) is 44.7 Å². The minimum Gasteiger partial charge on any atom is -0.383 e. The summed E-state index contributed by atoms with van der Waals surface area (Å²) in [4.78, 5) is 25.0. The van der Waals surface area contributed by atoms with E-state index in [0.29, 0.717) is 12.8 Å². The van der Waals surface area contributed by atoms with Gasteiger partial charge in [-0.05, 0) is 18.9 Å². The average Bonchev–Trinajstić information content (AvgIpc) is 2.85. The molecule has 118 valence electrons. The molecule has 0 bridgehead atoms. The average molecular weight is 317 g/mol. The van der Waals surface area contributed by atoms with Gasteiger partial charge in [-0.1, -0.05) is 13.8 Å². The maximum Gasteiger partial charge on any atom is 0.351 e. The van der Waals surface area contributed by atoms with Gasteiger partial charge in [0.25, 0.3) is 0 Å². The zero-order valence-corrected chi connectivity index (χ0v) is 12.9. The Morgan fingerprint density at radius 1 is 1.62 bits per heavy atom. The Morgan fingerprint density at radius 3 is 2.95 bits per heavy atom. The number of nitrogens with zero attached hydrogens (tertiary/aromatic N) is 2. The molecule has 0 radical (unpaired) electrons. The quantitative estimate of drug-likeness (QED) is 0.781. The van der Waals surface area contributed by atoms with Crippen LogP contribution in [0.5, 0.6) is 0 Å². The van der Waals surface area contributed by atoms with Gasteiger partial charge in [-0.25, -0.2) is 4.79 Å². The van der Waals surface area contributed by atoms with E-state index in [4.69, 9.17) is 15.0 Å².